The van der Waals surface area contributed by atoms with Crippen molar-refractivity contribution in [3.63, 3.8) is 0 Å². The Morgan fingerprint density at radius 2 is 1.60 bits per heavy atom. The first kappa shape index (κ1) is 12.4. The first-order valence-corrected chi connectivity index (χ1v) is 6.51. The molecule has 1 heterocycles. The van der Waals surface area contributed by atoms with Crippen LogP contribution in [0.2, 0.25) is 0 Å². The van der Waals surface area contributed by atoms with Gasteiger partial charge in [0.15, 0.2) is 5.43 Å². The van der Waals surface area contributed by atoms with Gasteiger partial charge in [-0.1, -0.05) is 48.5 Å². The van der Waals surface area contributed by atoms with E-state index < -0.39 is 0 Å². The molecule has 1 aromatic heterocycles. The Labute approximate surface area is 117 Å². The van der Waals surface area contributed by atoms with E-state index >= 15 is 0 Å². The van der Waals surface area contributed by atoms with Crippen molar-refractivity contribution in [2.24, 2.45) is 0 Å². The predicted octanol–water partition coefficient (Wildman–Crippen LogP) is 4.27. The third kappa shape index (κ3) is 2.28. The van der Waals surface area contributed by atoms with E-state index in [1.54, 1.807) is 13.0 Å². The quantitative estimate of drug-likeness (QED) is 0.690. The van der Waals surface area contributed by atoms with Crippen LogP contribution in [0.5, 0.6) is 0 Å². The minimum Gasteiger partial charge on any atom is -0.456 e. The molecule has 2 aromatic carbocycles. The second kappa shape index (κ2) is 5.17. The minimum atomic E-state index is 0.0274. The van der Waals surface area contributed by atoms with Crippen molar-refractivity contribution in [2.75, 3.05) is 0 Å². The fourth-order valence-electron chi connectivity index (χ4n) is 2.15. The Kier molecular flexibility index (Phi) is 3.21. The molecule has 0 spiro atoms. The first-order chi connectivity index (χ1) is 9.75. The van der Waals surface area contributed by atoms with Crippen LogP contribution in [0.25, 0.3) is 23.1 Å². The van der Waals surface area contributed by atoms with Crippen LogP contribution < -0.4 is 5.43 Å². The van der Waals surface area contributed by atoms with Gasteiger partial charge < -0.3 is 4.42 Å². The van der Waals surface area contributed by atoms with Crippen molar-refractivity contribution >= 4 is 23.1 Å². The number of fused-ring (bicyclic) bond motifs is 1. The normalized spacial score (nSPS) is 11.2. The lowest BCUT2D eigenvalue weighted by atomic mass is 10.1. The van der Waals surface area contributed by atoms with Crippen molar-refractivity contribution in [3.8, 4) is 0 Å². The molecular formula is C18H14O2. The molecule has 0 saturated heterocycles. The summed E-state index contributed by atoms with van der Waals surface area (Å²) in [6, 6.07) is 17.2. The molecule has 0 aliphatic heterocycles. The molecule has 0 atom stereocenters. The Bertz CT molecular complexity index is 827. The highest BCUT2D eigenvalue weighted by molar-refractivity contribution is 5.79. The molecule has 0 N–H and O–H groups in total. The third-order valence-electron chi connectivity index (χ3n) is 3.29. The van der Waals surface area contributed by atoms with Crippen LogP contribution in [0, 0.1) is 6.92 Å². The van der Waals surface area contributed by atoms with E-state index in [2.05, 4.69) is 0 Å². The van der Waals surface area contributed by atoms with Crippen molar-refractivity contribution in [1.82, 2.24) is 0 Å². The molecular weight excluding hydrogens is 248 g/mol. The average molecular weight is 262 g/mol. The van der Waals surface area contributed by atoms with Crippen LogP contribution in [0.4, 0.5) is 0 Å². The summed E-state index contributed by atoms with van der Waals surface area (Å²) in [4.78, 5) is 12.3. The highest BCUT2D eigenvalue weighted by Gasteiger charge is 2.07. The van der Waals surface area contributed by atoms with E-state index in [4.69, 9.17) is 4.42 Å². The van der Waals surface area contributed by atoms with E-state index in [0.29, 0.717) is 22.3 Å². The van der Waals surface area contributed by atoms with Gasteiger partial charge in [0.2, 0.25) is 0 Å². The monoisotopic (exact) mass is 262 g/mol. The highest BCUT2D eigenvalue weighted by Crippen LogP contribution is 2.17. The summed E-state index contributed by atoms with van der Waals surface area (Å²) in [5, 5.41) is 0.627. The van der Waals surface area contributed by atoms with Crippen LogP contribution in [-0.2, 0) is 0 Å². The lowest BCUT2D eigenvalue weighted by Gasteiger charge is -2.02. The van der Waals surface area contributed by atoms with Crippen molar-refractivity contribution in [3.05, 3.63) is 81.7 Å². The van der Waals surface area contributed by atoms with Crippen LogP contribution in [-0.4, -0.2) is 0 Å². The summed E-state index contributed by atoms with van der Waals surface area (Å²) < 4.78 is 5.81. The lowest BCUT2D eigenvalue weighted by molar-refractivity contribution is 0.585. The maximum Gasteiger partial charge on any atom is 0.196 e. The fourth-order valence-corrected chi connectivity index (χ4v) is 2.15. The number of rotatable bonds is 2. The largest absolute Gasteiger partial charge is 0.456 e. The van der Waals surface area contributed by atoms with Gasteiger partial charge in [-0.15, -0.1) is 0 Å². The van der Waals surface area contributed by atoms with E-state index in [1.165, 1.54) is 0 Å². The number of hydrogen-bond acceptors (Lipinski definition) is 2. The Hall–Kier alpha value is -2.61. The Morgan fingerprint density at radius 1 is 0.900 bits per heavy atom. The SMILES string of the molecule is Cc1c(C=Cc2ccccc2)oc2ccccc2c1=O. The zero-order chi connectivity index (χ0) is 13.9. The first-order valence-electron chi connectivity index (χ1n) is 6.51. The molecule has 0 bridgehead atoms. The van der Waals surface area contributed by atoms with Gasteiger partial charge in [-0.25, -0.2) is 0 Å². The molecule has 0 amide bonds. The van der Waals surface area contributed by atoms with E-state index in [1.807, 2.05) is 60.7 Å². The lowest BCUT2D eigenvalue weighted by Crippen LogP contribution is -2.06. The summed E-state index contributed by atoms with van der Waals surface area (Å²) in [6.45, 7) is 1.79. The van der Waals surface area contributed by atoms with Gasteiger partial charge in [-0.05, 0) is 30.7 Å². The smallest absolute Gasteiger partial charge is 0.196 e. The molecule has 0 radical (unpaired) electrons. The molecule has 0 aliphatic carbocycles. The molecule has 0 fully saturated rings. The van der Waals surface area contributed by atoms with Gasteiger partial charge in [0.1, 0.15) is 11.3 Å². The van der Waals surface area contributed by atoms with Gasteiger partial charge in [-0.3, -0.25) is 4.79 Å². The van der Waals surface area contributed by atoms with Crippen molar-refractivity contribution in [2.45, 2.75) is 6.92 Å². The van der Waals surface area contributed by atoms with Crippen molar-refractivity contribution < 1.29 is 4.42 Å². The predicted molar refractivity (Wildman–Crippen MR) is 82.6 cm³/mol. The summed E-state index contributed by atoms with van der Waals surface area (Å²) >= 11 is 0. The zero-order valence-electron chi connectivity index (χ0n) is 11.2. The second-order valence-electron chi connectivity index (χ2n) is 4.66. The topological polar surface area (TPSA) is 30.2 Å². The van der Waals surface area contributed by atoms with Gasteiger partial charge in [0, 0.05) is 5.56 Å². The summed E-state index contributed by atoms with van der Waals surface area (Å²) in [7, 11) is 0. The van der Waals surface area contributed by atoms with Gasteiger partial charge in [0.25, 0.3) is 0 Å². The molecule has 20 heavy (non-hydrogen) atoms. The van der Waals surface area contributed by atoms with E-state index in [0.717, 1.165) is 5.56 Å². The summed E-state index contributed by atoms with van der Waals surface area (Å²) in [5.74, 6) is 0.609. The molecule has 2 heteroatoms. The molecule has 0 saturated carbocycles. The summed E-state index contributed by atoms with van der Waals surface area (Å²) in [6.07, 6.45) is 3.79. The molecule has 0 aliphatic rings. The average Bonchev–Trinajstić information content (AvgIpc) is 2.50. The van der Waals surface area contributed by atoms with Crippen LogP contribution >= 0.6 is 0 Å². The fraction of sp³-hybridized carbons (Fsp3) is 0.0556. The Balaban J connectivity index is 2.11. The molecule has 98 valence electrons. The van der Waals surface area contributed by atoms with Crippen LogP contribution in [0.1, 0.15) is 16.9 Å². The standard InChI is InChI=1S/C18H14O2/c1-13-16(12-11-14-7-3-2-4-8-14)20-17-10-6-5-9-15(17)18(13)19/h2-12H,1H3. The van der Waals surface area contributed by atoms with Gasteiger partial charge in [0.05, 0.1) is 5.39 Å². The maximum absolute atomic E-state index is 12.3. The Morgan fingerprint density at radius 3 is 2.40 bits per heavy atom. The van der Waals surface area contributed by atoms with Gasteiger partial charge >= 0.3 is 0 Å². The molecule has 2 nitrogen and oxygen atoms in total. The number of benzene rings is 2. The van der Waals surface area contributed by atoms with Crippen LogP contribution in [0.15, 0.2) is 63.8 Å². The highest BCUT2D eigenvalue weighted by atomic mass is 16.3. The van der Waals surface area contributed by atoms with Crippen molar-refractivity contribution in [1.29, 1.82) is 0 Å². The minimum absolute atomic E-state index is 0.0274. The molecule has 3 aromatic rings. The summed E-state index contributed by atoms with van der Waals surface area (Å²) in [5.41, 5.74) is 2.36. The van der Waals surface area contributed by atoms with Gasteiger partial charge in [-0.2, -0.15) is 0 Å². The van der Waals surface area contributed by atoms with E-state index in [9.17, 15) is 4.79 Å². The number of para-hydroxylation sites is 1. The van der Waals surface area contributed by atoms with Crippen LogP contribution in [0.3, 0.4) is 0 Å². The third-order valence-corrected chi connectivity index (χ3v) is 3.29. The van der Waals surface area contributed by atoms with E-state index in [-0.39, 0.29) is 5.43 Å². The molecule has 0 unspecified atom stereocenters. The molecule has 3 rings (SSSR count). The number of hydrogen-bond donors (Lipinski definition) is 0. The zero-order valence-corrected chi connectivity index (χ0v) is 11.2. The second-order valence-corrected chi connectivity index (χ2v) is 4.66. The maximum atomic E-state index is 12.3.